The molecule has 31 heavy (non-hydrogen) atoms. The lowest BCUT2D eigenvalue weighted by Crippen LogP contribution is -2.32. The normalized spacial score (nSPS) is 16.4. The third-order valence-corrected chi connectivity index (χ3v) is 6.10. The van der Waals surface area contributed by atoms with Gasteiger partial charge < -0.3 is 9.64 Å². The average Bonchev–Trinajstić information content (AvgIpc) is 2.79. The molecule has 1 fully saturated rings. The first-order valence-electron chi connectivity index (χ1n) is 11.1. The molecule has 0 unspecified atom stereocenters. The number of pyridine rings is 1. The van der Waals surface area contributed by atoms with E-state index in [9.17, 15) is 9.59 Å². The van der Waals surface area contributed by atoms with Crippen LogP contribution in [-0.2, 0) is 6.42 Å². The molecular weight excluding hydrogens is 392 g/mol. The van der Waals surface area contributed by atoms with Gasteiger partial charge in [-0.25, -0.2) is 4.98 Å². The quantitative estimate of drug-likeness (QED) is 0.691. The minimum Gasteiger partial charge on any atom is -0.494 e. The number of aromatic nitrogens is 3. The number of fused-ring (bicyclic) bond motifs is 2. The molecule has 5 rings (SSSR count). The van der Waals surface area contributed by atoms with Crippen molar-refractivity contribution in [3.05, 3.63) is 45.9 Å². The van der Waals surface area contributed by atoms with Gasteiger partial charge in [0.15, 0.2) is 11.4 Å². The number of nitrogens with one attached hydrogen (secondary N) is 1. The third kappa shape index (κ3) is 3.58. The van der Waals surface area contributed by atoms with Crippen molar-refractivity contribution in [2.75, 3.05) is 24.6 Å². The first-order chi connectivity index (χ1) is 15.2. The highest BCUT2D eigenvalue weighted by atomic mass is 16.5. The summed E-state index contributed by atoms with van der Waals surface area (Å²) in [6.45, 7) is 4.22. The molecule has 1 saturated heterocycles. The maximum atomic E-state index is 13.3. The van der Waals surface area contributed by atoms with Gasteiger partial charge in [0.25, 0.3) is 5.56 Å². The van der Waals surface area contributed by atoms with Crippen LogP contribution in [0.5, 0.6) is 5.75 Å². The molecule has 2 aromatic heterocycles. The highest BCUT2D eigenvalue weighted by Gasteiger charge is 2.28. The Hall–Kier alpha value is -3.22. The molecule has 3 heterocycles. The fourth-order valence-electron chi connectivity index (χ4n) is 4.68. The third-order valence-electron chi connectivity index (χ3n) is 6.10. The molecule has 2 aliphatic rings. The molecule has 1 aliphatic heterocycles. The average molecular weight is 418 g/mol. The Balaban J connectivity index is 1.77. The lowest BCUT2D eigenvalue weighted by atomic mass is 9.86. The molecule has 0 saturated carbocycles. The molecule has 160 valence electrons. The van der Waals surface area contributed by atoms with Gasteiger partial charge in [0.05, 0.1) is 17.7 Å². The smallest absolute Gasteiger partial charge is 0.262 e. The number of rotatable bonds is 4. The lowest BCUT2D eigenvalue weighted by molar-refractivity contribution is 0.0972. The number of hydrogen-bond donors (Lipinski definition) is 1. The second-order valence-electron chi connectivity index (χ2n) is 8.18. The van der Waals surface area contributed by atoms with Crippen LogP contribution in [0.1, 0.15) is 55.1 Å². The Labute approximate surface area is 180 Å². The number of anilines is 1. The predicted molar refractivity (Wildman–Crippen MR) is 120 cm³/mol. The van der Waals surface area contributed by atoms with E-state index in [-0.39, 0.29) is 11.3 Å². The van der Waals surface area contributed by atoms with E-state index in [1.165, 1.54) is 6.42 Å². The van der Waals surface area contributed by atoms with Crippen LogP contribution in [0.25, 0.3) is 22.2 Å². The number of piperidine rings is 1. The van der Waals surface area contributed by atoms with Crippen molar-refractivity contribution in [1.29, 1.82) is 0 Å². The van der Waals surface area contributed by atoms with Crippen LogP contribution >= 0.6 is 0 Å². The summed E-state index contributed by atoms with van der Waals surface area (Å²) in [6.07, 6.45) is 5.32. The van der Waals surface area contributed by atoms with E-state index >= 15 is 0 Å². The maximum absolute atomic E-state index is 13.3. The zero-order chi connectivity index (χ0) is 21.4. The molecular formula is C24H26N4O3. The van der Waals surface area contributed by atoms with Gasteiger partial charge in [0.1, 0.15) is 5.75 Å². The summed E-state index contributed by atoms with van der Waals surface area (Å²) in [4.78, 5) is 40.8. The monoisotopic (exact) mass is 418 g/mol. The van der Waals surface area contributed by atoms with Crippen molar-refractivity contribution in [2.24, 2.45) is 0 Å². The summed E-state index contributed by atoms with van der Waals surface area (Å²) < 4.78 is 5.67. The van der Waals surface area contributed by atoms with Crippen LogP contribution in [0.4, 0.5) is 5.95 Å². The number of benzene rings is 1. The Morgan fingerprint density at radius 1 is 1.03 bits per heavy atom. The summed E-state index contributed by atoms with van der Waals surface area (Å²) in [7, 11) is 0. The summed E-state index contributed by atoms with van der Waals surface area (Å²) in [5.74, 6) is 1.31. The number of aromatic amines is 1. The number of hydrogen-bond acceptors (Lipinski definition) is 6. The van der Waals surface area contributed by atoms with E-state index in [4.69, 9.17) is 14.7 Å². The van der Waals surface area contributed by atoms with Crippen molar-refractivity contribution in [1.82, 2.24) is 15.0 Å². The van der Waals surface area contributed by atoms with Gasteiger partial charge in [-0.3, -0.25) is 14.6 Å². The SMILES string of the molecule is CCOc1cccc(-c2c3c(nc4nc(N5CCCCC5)[nH]c(=O)c24)CCCC3=O)c1. The molecule has 0 spiro atoms. The number of Topliss-reactive ketones (excluding diaryl/α,β-unsaturated/α-hetero) is 1. The number of ketones is 1. The van der Waals surface area contributed by atoms with Crippen molar-refractivity contribution >= 4 is 22.8 Å². The van der Waals surface area contributed by atoms with Gasteiger partial charge in [-0.2, -0.15) is 4.98 Å². The van der Waals surface area contributed by atoms with Crippen LogP contribution in [-0.4, -0.2) is 40.4 Å². The predicted octanol–water partition coefficient (Wildman–Crippen LogP) is 3.89. The summed E-state index contributed by atoms with van der Waals surface area (Å²) in [5.41, 5.74) is 2.87. The molecule has 0 atom stereocenters. The number of aryl methyl sites for hydroxylation is 1. The van der Waals surface area contributed by atoms with E-state index in [0.717, 1.165) is 43.6 Å². The van der Waals surface area contributed by atoms with Crippen LogP contribution in [0.15, 0.2) is 29.1 Å². The van der Waals surface area contributed by atoms with E-state index in [0.29, 0.717) is 53.3 Å². The first-order valence-corrected chi connectivity index (χ1v) is 11.1. The first kappa shape index (κ1) is 19.7. The molecule has 1 aromatic carbocycles. The minimum atomic E-state index is -0.254. The second-order valence-corrected chi connectivity index (χ2v) is 8.18. The van der Waals surface area contributed by atoms with Gasteiger partial charge >= 0.3 is 0 Å². The number of H-pyrrole nitrogens is 1. The number of carbonyl (C=O) groups excluding carboxylic acids is 1. The lowest BCUT2D eigenvalue weighted by Gasteiger charge is -2.27. The molecule has 0 amide bonds. The van der Waals surface area contributed by atoms with Crippen LogP contribution in [0.3, 0.4) is 0 Å². The van der Waals surface area contributed by atoms with E-state index in [1.54, 1.807) is 0 Å². The molecule has 1 N–H and O–H groups in total. The van der Waals surface area contributed by atoms with Crippen molar-refractivity contribution in [2.45, 2.75) is 45.4 Å². The zero-order valence-electron chi connectivity index (χ0n) is 17.7. The van der Waals surface area contributed by atoms with Crippen molar-refractivity contribution < 1.29 is 9.53 Å². The fraction of sp³-hybridized carbons (Fsp3) is 0.417. The van der Waals surface area contributed by atoms with Crippen LogP contribution in [0.2, 0.25) is 0 Å². The topological polar surface area (TPSA) is 88.2 Å². The van der Waals surface area contributed by atoms with E-state index in [1.807, 2.05) is 31.2 Å². The van der Waals surface area contributed by atoms with Gasteiger partial charge in [-0.15, -0.1) is 0 Å². The van der Waals surface area contributed by atoms with Crippen LogP contribution in [0, 0.1) is 0 Å². The Bertz CT molecular complexity index is 1210. The van der Waals surface area contributed by atoms with Gasteiger partial charge in [-0.1, -0.05) is 12.1 Å². The Morgan fingerprint density at radius 2 is 1.87 bits per heavy atom. The fourth-order valence-corrected chi connectivity index (χ4v) is 4.68. The molecule has 3 aromatic rings. The zero-order valence-corrected chi connectivity index (χ0v) is 17.7. The van der Waals surface area contributed by atoms with E-state index < -0.39 is 0 Å². The van der Waals surface area contributed by atoms with Gasteiger partial charge in [0.2, 0.25) is 5.95 Å². The molecule has 1 aliphatic carbocycles. The summed E-state index contributed by atoms with van der Waals surface area (Å²) >= 11 is 0. The number of carbonyl (C=O) groups is 1. The molecule has 7 heteroatoms. The Morgan fingerprint density at radius 3 is 2.68 bits per heavy atom. The summed E-state index contributed by atoms with van der Waals surface area (Å²) in [6, 6.07) is 7.56. The van der Waals surface area contributed by atoms with E-state index in [2.05, 4.69) is 9.88 Å². The molecule has 0 radical (unpaired) electrons. The second kappa shape index (κ2) is 8.13. The number of ether oxygens (including phenoxy) is 1. The number of nitrogens with zero attached hydrogens (tertiary/aromatic N) is 3. The summed E-state index contributed by atoms with van der Waals surface area (Å²) in [5, 5.41) is 0.378. The standard InChI is InChI=1S/C24H26N4O3/c1-2-31-16-9-6-8-15(14-16)19-20-17(10-7-11-18(20)29)25-22-21(19)23(30)27-24(26-22)28-12-4-3-5-13-28/h6,8-9,14H,2-5,7,10-13H2,1H3,(H,25,26,27,30). The maximum Gasteiger partial charge on any atom is 0.262 e. The highest BCUT2D eigenvalue weighted by molar-refractivity contribution is 6.10. The largest absolute Gasteiger partial charge is 0.494 e. The molecule has 7 nitrogen and oxygen atoms in total. The molecule has 0 bridgehead atoms. The van der Waals surface area contributed by atoms with Gasteiger partial charge in [0, 0.05) is 30.6 Å². The Kier molecular flexibility index (Phi) is 5.18. The minimum absolute atomic E-state index is 0.0342. The highest BCUT2D eigenvalue weighted by Crippen LogP contribution is 2.36. The van der Waals surface area contributed by atoms with Crippen molar-refractivity contribution in [3.63, 3.8) is 0 Å². The van der Waals surface area contributed by atoms with Crippen molar-refractivity contribution in [3.8, 4) is 16.9 Å². The van der Waals surface area contributed by atoms with Crippen LogP contribution < -0.4 is 15.2 Å². The van der Waals surface area contributed by atoms with Gasteiger partial charge in [-0.05, 0) is 56.7 Å².